The van der Waals surface area contributed by atoms with Gasteiger partial charge < -0.3 is 20.1 Å². The fourth-order valence-corrected chi connectivity index (χ4v) is 2.13. The lowest BCUT2D eigenvalue weighted by molar-refractivity contribution is 0.219. The minimum atomic E-state index is -0.290. The Labute approximate surface area is 144 Å². The molecule has 0 aliphatic carbocycles. The molecular formula is C17H19BrN2O3. The third-order valence-corrected chi connectivity index (χ3v) is 3.50. The number of para-hydroxylation sites is 2. The Morgan fingerprint density at radius 2 is 1.65 bits per heavy atom. The second-order valence-corrected chi connectivity index (χ2v) is 5.57. The number of benzene rings is 2. The molecule has 0 saturated heterocycles. The van der Waals surface area contributed by atoms with Gasteiger partial charge in [0.25, 0.3) is 0 Å². The minimum Gasteiger partial charge on any atom is -0.490 e. The maximum atomic E-state index is 11.7. The van der Waals surface area contributed by atoms with Gasteiger partial charge in [0, 0.05) is 11.0 Å². The summed E-state index contributed by atoms with van der Waals surface area (Å²) in [6, 6.07) is 14.8. The number of nitrogens with one attached hydrogen (secondary N) is 2. The van der Waals surface area contributed by atoms with Gasteiger partial charge in [0.2, 0.25) is 0 Å². The normalized spacial score (nSPS) is 10.0. The molecule has 0 fully saturated rings. The highest BCUT2D eigenvalue weighted by Gasteiger charge is 2.04. The highest BCUT2D eigenvalue weighted by Crippen LogP contribution is 2.25. The fraction of sp³-hybridized carbons (Fsp3) is 0.235. The smallest absolute Gasteiger partial charge is 0.317 e. The van der Waals surface area contributed by atoms with Crippen LogP contribution in [0.5, 0.6) is 11.5 Å². The van der Waals surface area contributed by atoms with Crippen molar-refractivity contribution in [2.75, 3.05) is 13.3 Å². The molecule has 0 radical (unpaired) electrons. The molecule has 0 aromatic heterocycles. The first-order valence-electron chi connectivity index (χ1n) is 7.30. The van der Waals surface area contributed by atoms with Crippen LogP contribution in [-0.4, -0.2) is 19.4 Å². The summed E-state index contributed by atoms with van der Waals surface area (Å²) in [7, 11) is 0. The molecule has 0 spiro atoms. The van der Waals surface area contributed by atoms with Crippen LogP contribution in [0.1, 0.15) is 12.5 Å². The van der Waals surface area contributed by atoms with Gasteiger partial charge >= 0.3 is 6.03 Å². The third-order valence-electron chi connectivity index (χ3n) is 2.98. The Morgan fingerprint density at radius 1 is 1.00 bits per heavy atom. The van der Waals surface area contributed by atoms with E-state index in [-0.39, 0.29) is 12.8 Å². The molecule has 0 aliphatic heterocycles. The summed E-state index contributed by atoms with van der Waals surface area (Å²) in [5, 5.41) is 5.41. The lowest BCUT2D eigenvalue weighted by Gasteiger charge is -2.12. The minimum absolute atomic E-state index is 0.0657. The van der Waals surface area contributed by atoms with Gasteiger partial charge in [0.15, 0.2) is 18.2 Å². The zero-order valence-corrected chi connectivity index (χ0v) is 14.4. The summed E-state index contributed by atoms with van der Waals surface area (Å²) >= 11 is 3.37. The van der Waals surface area contributed by atoms with Gasteiger partial charge in [-0.3, -0.25) is 0 Å². The number of urea groups is 1. The van der Waals surface area contributed by atoms with E-state index in [1.54, 1.807) is 6.07 Å². The lowest BCUT2D eigenvalue weighted by Crippen LogP contribution is -2.37. The number of halogens is 1. The largest absolute Gasteiger partial charge is 0.490 e. The van der Waals surface area contributed by atoms with E-state index in [1.165, 1.54) is 0 Å². The van der Waals surface area contributed by atoms with E-state index in [0.717, 1.165) is 10.0 Å². The van der Waals surface area contributed by atoms with Crippen molar-refractivity contribution in [3.8, 4) is 11.5 Å². The molecule has 2 rings (SSSR count). The molecule has 0 heterocycles. The van der Waals surface area contributed by atoms with E-state index >= 15 is 0 Å². The lowest BCUT2D eigenvalue weighted by atomic mass is 10.2. The number of carbonyl (C=O) groups excluding carboxylic acids is 1. The summed E-state index contributed by atoms with van der Waals surface area (Å²) in [5.41, 5.74) is 1.02. The summed E-state index contributed by atoms with van der Waals surface area (Å²) in [4.78, 5) is 11.7. The molecule has 0 atom stereocenters. The van der Waals surface area contributed by atoms with Crippen LogP contribution in [0.25, 0.3) is 0 Å². The Morgan fingerprint density at radius 3 is 2.30 bits per heavy atom. The zero-order chi connectivity index (χ0) is 16.5. The Balaban J connectivity index is 1.73. The molecule has 2 aromatic rings. The van der Waals surface area contributed by atoms with Crippen molar-refractivity contribution in [3.05, 3.63) is 58.6 Å². The molecule has 6 heteroatoms. The van der Waals surface area contributed by atoms with Gasteiger partial charge in [-0.2, -0.15) is 0 Å². The molecule has 5 nitrogen and oxygen atoms in total. The van der Waals surface area contributed by atoms with E-state index in [1.807, 2.05) is 49.4 Å². The van der Waals surface area contributed by atoms with Crippen molar-refractivity contribution in [1.82, 2.24) is 10.6 Å². The van der Waals surface area contributed by atoms with E-state index in [2.05, 4.69) is 26.6 Å². The Bertz CT molecular complexity index is 632. The molecule has 0 unspecified atom stereocenters. The van der Waals surface area contributed by atoms with Crippen molar-refractivity contribution in [2.24, 2.45) is 0 Å². The van der Waals surface area contributed by atoms with Gasteiger partial charge in [0.1, 0.15) is 0 Å². The van der Waals surface area contributed by atoms with E-state index < -0.39 is 0 Å². The summed E-state index contributed by atoms with van der Waals surface area (Å²) in [5.74, 6) is 1.26. The van der Waals surface area contributed by atoms with Gasteiger partial charge in [0.05, 0.1) is 6.61 Å². The number of amides is 2. The first kappa shape index (κ1) is 17.1. The number of rotatable bonds is 7. The van der Waals surface area contributed by atoms with Crippen LogP contribution in [-0.2, 0) is 6.54 Å². The predicted octanol–water partition coefficient (Wildman–Crippen LogP) is 3.68. The zero-order valence-electron chi connectivity index (χ0n) is 12.8. The van der Waals surface area contributed by atoms with Crippen LogP contribution in [0.4, 0.5) is 4.79 Å². The highest BCUT2D eigenvalue weighted by molar-refractivity contribution is 9.10. The van der Waals surface area contributed by atoms with Crippen LogP contribution >= 0.6 is 15.9 Å². The second kappa shape index (κ2) is 9.05. The quantitative estimate of drug-likeness (QED) is 0.722. The Kier molecular flexibility index (Phi) is 6.75. The van der Waals surface area contributed by atoms with Crippen LogP contribution in [0.15, 0.2) is 53.0 Å². The number of hydrogen-bond donors (Lipinski definition) is 2. The monoisotopic (exact) mass is 378 g/mol. The van der Waals surface area contributed by atoms with Crippen molar-refractivity contribution in [1.29, 1.82) is 0 Å². The number of carbonyl (C=O) groups is 1. The van der Waals surface area contributed by atoms with Crippen molar-refractivity contribution >= 4 is 22.0 Å². The van der Waals surface area contributed by atoms with Crippen molar-refractivity contribution in [3.63, 3.8) is 0 Å². The summed E-state index contributed by atoms with van der Waals surface area (Å²) in [6.07, 6.45) is 0. The van der Waals surface area contributed by atoms with Gasteiger partial charge in [-0.15, -0.1) is 0 Å². The number of ether oxygens (including phenoxy) is 2. The standard InChI is InChI=1S/C17H19BrN2O3/c1-2-22-15-5-3-4-6-16(15)23-12-20-17(21)19-11-13-7-9-14(18)10-8-13/h3-10H,2,11-12H2,1H3,(H2,19,20,21). The van der Waals surface area contributed by atoms with Gasteiger partial charge in [-0.05, 0) is 36.8 Å². The van der Waals surface area contributed by atoms with Crippen molar-refractivity contribution < 1.29 is 14.3 Å². The van der Waals surface area contributed by atoms with Crippen LogP contribution < -0.4 is 20.1 Å². The van der Waals surface area contributed by atoms with Crippen molar-refractivity contribution in [2.45, 2.75) is 13.5 Å². The first-order chi connectivity index (χ1) is 11.2. The average molecular weight is 379 g/mol. The first-order valence-corrected chi connectivity index (χ1v) is 8.09. The molecule has 0 saturated carbocycles. The summed E-state index contributed by atoms with van der Waals surface area (Å²) in [6.45, 7) is 2.98. The van der Waals surface area contributed by atoms with Crippen LogP contribution in [0.3, 0.4) is 0 Å². The maximum absolute atomic E-state index is 11.7. The third kappa shape index (κ3) is 5.83. The fourth-order valence-electron chi connectivity index (χ4n) is 1.87. The van der Waals surface area contributed by atoms with Crippen LogP contribution in [0, 0.1) is 0 Å². The van der Waals surface area contributed by atoms with E-state index in [9.17, 15) is 4.79 Å². The second-order valence-electron chi connectivity index (χ2n) is 4.65. The molecule has 0 aliphatic rings. The molecule has 122 valence electrons. The van der Waals surface area contributed by atoms with Crippen LogP contribution in [0.2, 0.25) is 0 Å². The molecule has 2 amide bonds. The maximum Gasteiger partial charge on any atom is 0.317 e. The van der Waals surface area contributed by atoms with Gasteiger partial charge in [-0.1, -0.05) is 40.2 Å². The Hall–Kier alpha value is -2.21. The number of hydrogen-bond acceptors (Lipinski definition) is 3. The average Bonchev–Trinajstić information content (AvgIpc) is 2.56. The SMILES string of the molecule is CCOc1ccccc1OCNC(=O)NCc1ccc(Br)cc1. The van der Waals surface area contributed by atoms with Gasteiger partial charge in [-0.25, -0.2) is 4.79 Å². The topological polar surface area (TPSA) is 59.6 Å². The highest BCUT2D eigenvalue weighted by atomic mass is 79.9. The molecule has 0 bridgehead atoms. The molecular weight excluding hydrogens is 360 g/mol. The summed E-state index contributed by atoms with van der Waals surface area (Å²) < 4.78 is 12.0. The molecule has 2 aromatic carbocycles. The van der Waals surface area contributed by atoms with E-state index in [0.29, 0.717) is 24.7 Å². The van der Waals surface area contributed by atoms with E-state index in [4.69, 9.17) is 9.47 Å². The predicted molar refractivity (Wildman–Crippen MR) is 92.6 cm³/mol. The molecule has 2 N–H and O–H groups in total. The molecule has 23 heavy (non-hydrogen) atoms.